The van der Waals surface area contributed by atoms with Gasteiger partial charge in [0.1, 0.15) is 5.00 Å². The number of amides is 2. The molecule has 8 heteroatoms. The number of thiophene rings is 1. The van der Waals surface area contributed by atoms with Gasteiger partial charge in [0.2, 0.25) is 0 Å². The molecule has 4 heterocycles. The van der Waals surface area contributed by atoms with Gasteiger partial charge < -0.3 is 24.4 Å². The summed E-state index contributed by atoms with van der Waals surface area (Å²) in [7, 11) is 0. The molecular formula is C23H30N2O5S. The van der Waals surface area contributed by atoms with Crippen molar-refractivity contribution >= 4 is 28.2 Å². The predicted molar refractivity (Wildman–Crippen MR) is 115 cm³/mol. The summed E-state index contributed by atoms with van der Waals surface area (Å²) in [6.07, 6.45) is 3.69. The van der Waals surface area contributed by atoms with Crippen LogP contribution in [0, 0.1) is 16.7 Å². The van der Waals surface area contributed by atoms with Crippen LogP contribution in [0.1, 0.15) is 53.9 Å². The molecule has 2 saturated carbocycles. The van der Waals surface area contributed by atoms with E-state index in [4.69, 9.17) is 14.2 Å². The van der Waals surface area contributed by atoms with Crippen LogP contribution in [0.5, 0.6) is 0 Å². The van der Waals surface area contributed by atoms with Gasteiger partial charge in [0.15, 0.2) is 5.60 Å². The molecule has 2 saturated heterocycles. The summed E-state index contributed by atoms with van der Waals surface area (Å²) in [6.45, 7) is 8.55. The molecule has 6 rings (SSSR count). The largest absolute Gasteiger partial charge is 0.378 e. The van der Waals surface area contributed by atoms with Gasteiger partial charge in [-0.3, -0.25) is 9.59 Å². The molecule has 0 aromatic carbocycles. The van der Waals surface area contributed by atoms with Gasteiger partial charge in [0.05, 0.1) is 38.6 Å². The molecule has 0 radical (unpaired) electrons. The van der Waals surface area contributed by atoms with Crippen LogP contribution in [-0.2, 0) is 32.0 Å². The van der Waals surface area contributed by atoms with Gasteiger partial charge in [-0.05, 0) is 37.2 Å². The normalized spacial score (nSPS) is 38.4. The van der Waals surface area contributed by atoms with Crippen LogP contribution in [0.3, 0.4) is 0 Å². The highest BCUT2D eigenvalue weighted by atomic mass is 32.1. The minimum absolute atomic E-state index is 0.00756. The Bertz CT molecular complexity index is 956. The van der Waals surface area contributed by atoms with Crippen molar-refractivity contribution in [3.63, 3.8) is 0 Å². The summed E-state index contributed by atoms with van der Waals surface area (Å²) in [6, 6.07) is 0. The number of hydrogen-bond donors (Lipinski definition) is 1. The lowest BCUT2D eigenvalue weighted by atomic mass is 9.66. The lowest BCUT2D eigenvalue weighted by Crippen LogP contribution is -2.52. The zero-order valence-corrected chi connectivity index (χ0v) is 19.1. The average Bonchev–Trinajstić information content (AvgIpc) is 3.41. The third-order valence-electron chi connectivity index (χ3n) is 9.12. The Morgan fingerprint density at radius 3 is 2.71 bits per heavy atom. The first-order valence-electron chi connectivity index (χ1n) is 11.4. The fourth-order valence-electron chi connectivity index (χ4n) is 6.93. The third kappa shape index (κ3) is 2.50. The van der Waals surface area contributed by atoms with Gasteiger partial charge in [0, 0.05) is 28.8 Å². The first kappa shape index (κ1) is 20.1. The van der Waals surface area contributed by atoms with Crippen molar-refractivity contribution in [3.8, 4) is 0 Å². The SMILES string of the molecule is C[C@]12CC[C@@H]3C[C@@]1(C(=O)Nc1sc4c(c1C(=O)N1CCOCC1)CCOC4)OC[C@@]32C. The maximum atomic E-state index is 13.8. The van der Waals surface area contributed by atoms with E-state index >= 15 is 0 Å². The summed E-state index contributed by atoms with van der Waals surface area (Å²) in [4.78, 5) is 30.2. The van der Waals surface area contributed by atoms with Gasteiger partial charge in [-0.15, -0.1) is 11.3 Å². The fraction of sp³-hybridized carbons (Fsp3) is 0.739. The van der Waals surface area contributed by atoms with Crippen molar-refractivity contribution in [2.24, 2.45) is 16.7 Å². The molecule has 1 aromatic heterocycles. The van der Waals surface area contributed by atoms with Crippen molar-refractivity contribution in [1.29, 1.82) is 0 Å². The summed E-state index contributed by atoms with van der Waals surface area (Å²) in [5.41, 5.74) is 0.828. The minimum atomic E-state index is -0.787. The molecule has 4 atom stereocenters. The molecule has 168 valence electrons. The van der Waals surface area contributed by atoms with Crippen LogP contribution in [0.25, 0.3) is 0 Å². The van der Waals surface area contributed by atoms with Crippen molar-refractivity contribution in [2.45, 2.75) is 51.7 Å². The third-order valence-corrected chi connectivity index (χ3v) is 10.2. The highest BCUT2D eigenvalue weighted by Gasteiger charge is 2.78. The number of anilines is 1. The monoisotopic (exact) mass is 446 g/mol. The number of carbonyl (C=O) groups is 2. The highest BCUT2D eigenvalue weighted by Crippen LogP contribution is 2.75. The van der Waals surface area contributed by atoms with Gasteiger partial charge >= 0.3 is 0 Å². The van der Waals surface area contributed by atoms with Crippen LogP contribution in [0.4, 0.5) is 5.00 Å². The molecule has 4 bridgehead atoms. The summed E-state index contributed by atoms with van der Waals surface area (Å²) in [5.74, 6) is 0.458. The van der Waals surface area contributed by atoms with E-state index in [1.807, 2.05) is 4.90 Å². The maximum Gasteiger partial charge on any atom is 0.257 e. The second-order valence-corrected chi connectivity index (χ2v) is 11.3. The Kier molecular flexibility index (Phi) is 4.39. The van der Waals surface area contributed by atoms with Crippen molar-refractivity contribution in [3.05, 3.63) is 16.0 Å². The van der Waals surface area contributed by atoms with Crippen LogP contribution in [-0.4, -0.2) is 61.8 Å². The topological polar surface area (TPSA) is 77.1 Å². The van der Waals surface area contributed by atoms with E-state index in [0.29, 0.717) is 69.0 Å². The molecule has 31 heavy (non-hydrogen) atoms. The highest BCUT2D eigenvalue weighted by molar-refractivity contribution is 7.17. The van der Waals surface area contributed by atoms with E-state index in [9.17, 15) is 9.59 Å². The van der Waals surface area contributed by atoms with Crippen molar-refractivity contribution in [2.75, 3.05) is 44.8 Å². The number of nitrogens with one attached hydrogen (secondary N) is 1. The van der Waals surface area contributed by atoms with Crippen LogP contribution >= 0.6 is 11.3 Å². The lowest BCUT2D eigenvalue weighted by molar-refractivity contribution is -0.149. The van der Waals surface area contributed by atoms with Gasteiger partial charge in [-0.2, -0.15) is 0 Å². The second-order valence-electron chi connectivity index (χ2n) is 10.2. The van der Waals surface area contributed by atoms with E-state index in [-0.39, 0.29) is 22.6 Å². The number of nitrogens with zero attached hydrogens (tertiary/aromatic N) is 1. The second kappa shape index (κ2) is 6.76. The Morgan fingerprint density at radius 2 is 1.97 bits per heavy atom. The zero-order valence-electron chi connectivity index (χ0n) is 18.3. The van der Waals surface area contributed by atoms with Crippen LogP contribution < -0.4 is 5.32 Å². The quantitative estimate of drug-likeness (QED) is 0.773. The smallest absolute Gasteiger partial charge is 0.257 e. The van der Waals surface area contributed by atoms with E-state index < -0.39 is 5.60 Å². The first-order valence-corrected chi connectivity index (χ1v) is 12.3. The zero-order chi connectivity index (χ0) is 21.4. The Balaban J connectivity index is 1.35. The van der Waals surface area contributed by atoms with Gasteiger partial charge in [-0.25, -0.2) is 0 Å². The lowest BCUT2D eigenvalue weighted by Gasteiger charge is -2.40. The summed E-state index contributed by atoms with van der Waals surface area (Å²) >= 11 is 1.49. The number of hydrogen-bond acceptors (Lipinski definition) is 6. The molecule has 0 spiro atoms. The number of carbonyl (C=O) groups excluding carboxylic acids is 2. The molecule has 4 fully saturated rings. The molecule has 3 aliphatic heterocycles. The van der Waals surface area contributed by atoms with Crippen molar-refractivity contribution in [1.82, 2.24) is 4.90 Å². The van der Waals surface area contributed by atoms with E-state index in [0.717, 1.165) is 23.3 Å². The Labute approximate surface area is 186 Å². The number of morpholine rings is 1. The number of ether oxygens (including phenoxy) is 3. The molecule has 7 nitrogen and oxygen atoms in total. The fourth-order valence-corrected chi connectivity index (χ4v) is 8.11. The predicted octanol–water partition coefficient (Wildman–Crippen LogP) is 2.83. The summed E-state index contributed by atoms with van der Waals surface area (Å²) < 4.78 is 17.4. The first-order chi connectivity index (χ1) is 14.9. The molecule has 5 aliphatic rings. The van der Waals surface area contributed by atoms with Gasteiger partial charge in [0.25, 0.3) is 11.8 Å². The van der Waals surface area contributed by atoms with E-state index in [1.165, 1.54) is 17.8 Å². The molecule has 1 aromatic rings. The van der Waals surface area contributed by atoms with Crippen molar-refractivity contribution < 1.29 is 23.8 Å². The minimum Gasteiger partial charge on any atom is -0.378 e. The van der Waals surface area contributed by atoms with Crippen LogP contribution in [0.2, 0.25) is 0 Å². The van der Waals surface area contributed by atoms with E-state index in [2.05, 4.69) is 19.2 Å². The van der Waals surface area contributed by atoms with E-state index in [1.54, 1.807) is 0 Å². The molecule has 1 N–H and O–H groups in total. The number of fused-ring (bicyclic) bond motifs is 1. The molecule has 2 aliphatic carbocycles. The Hall–Kier alpha value is -1.48. The summed E-state index contributed by atoms with van der Waals surface area (Å²) in [5, 5.41) is 3.86. The molecule has 0 unspecified atom stereocenters. The maximum absolute atomic E-state index is 13.8. The molecule has 2 amide bonds. The van der Waals surface area contributed by atoms with Gasteiger partial charge in [-0.1, -0.05) is 13.8 Å². The molecular weight excluding hydrogens is 416 g/mol. The average molecular weight is 447 g/mol. The van der Waals surface area contributed by atoms with Crippen LogP contribution in [0.15, 0.2) is 0 Å². The number of rotatable bonds is 3. The standard InChI is InChI=1S/C23H30N2O5S/c1-21-13-30-23(11-14(21)3-5-22(21,23)2)20(27)24-18-17(15-4-8-29-12-16(15)31-18)19(26)25-6-9-28-10-7-25/h14H,3-13H2,1-2H3,(H,24,27)/t14-,21+,22-,23+/m1/s1. The Morgan fingerprint density at radius 1 is 1.16 bits per heavy atom.